The molecular weight excluding hydrogens is 393 g/mol. The van der Waals surface area contributed by atoms with Crippen molar-refractivity contribution in [1.82, 2.24) is 5.32 Å². The van der Waals surface area contributed by atoms with Crippen LogP contribution < -0.4 is 10.1 Å². The second-order valence-electron chi connectivity index (χ2n) is 7.11. The van der Waals surface area contributed by atoms with Crippen LogP contribution in [0.4, 0.5) is 0 Å². The summed E-state index contributed by atoms with van der Waals surface area (Å²) in [6.45, 7) is 0.911. The third kappa shape index (κ3) is 5.84. The van der Waals surface area contributed by atoms with Crippen LogP contribution in [0.2, 0.25) is 0 Å². The molecule has 0 saturated carbocycles. The Morgan fingerprint density at radius 1 is 1.21 bits per heavy atom. The number of methoxy groups -OCH3 is 1. The normalized spacial score (nSPS) is 20.7. The van der Waals surface area contributed by atoms with Gasteiger partial charge in [-0.2, -0.15) is 4.89 Å². The van der Waals surface area contributed by atoms with Crippen molar-refractivity contribution in [3.63, 3.8) is 0 Å². The van der Waals surface area contributed by atoms with Gasteiger partial charge in [0.05, 0.1) is 19.3 Å². The predicted octanol–water partition coefficient (Wildman–Crippen LogP) is 2.64. The molecule has 8 heteroatoms. The third-order valence-electron chi connectivity index (χ3n) is 5.12. The van der Waals surface area contributed by atoms with Gasteiger partial charge in [0.25, 0.3) is 0 Å². The Morgan fingerprint density at radius 2 is 1.86 bits per heavy atom. The first-order chi connectivity index (χ1) is 14.0. The third-order valence-corrected chi connectivity index (χ3v) is 6.20. The summed E-state index contributed by atoms with van der Waals surface area (Å²) in [5.74, 6) is -0.201. The van der Waals surface area contributed by atoms with Gasteiger partial charge in [0.15, 0.2) is 0 Å². The first-order valence-corrected chi connectivity index (χ1v) is 10.7. The van der Waals surface area contributed by atoms with Gasteiger partial charge in [-0.05, 0) is 46.4 Å². The molecule has 4 atom stereocenters. The minimum atomic E-state index is -2.40. The molecule has 7 nitrogen and oxygen atoms in total. The van der Waals surface area contributed by atoms with E-state index in [9.17, 15) is 14.3 Å². The SMILES string of the molecule is COc1ccc(CC([C@H]2CN[C@H](Cc3ccc(C(=O)O)cc3)CO2)[P+](=O)O)cc1. The van der Waals surface area contributed by atoms with E-state index in [1.165, 1.54) is 0 Å². The molecule has 0 aromatic heterocycles. The van der Waals surface area contributed by atoms with Crippen LogP contribution in [0.15, 0.2) is 48.5 Å². The second kappa shape index (κ2) is 9.94. The molecule has 3 rings (SSSR count). The number of nitrogens with one attached hydrogen (secondary N) is 1. The van der Waals surface area contributed by atoms with Crippen LogP contribution in [-0.2, 0) is 22.1 Å². The highest BCUT2D eigenvalue weighted by atomic mass is 31.1. The number of carbonyl (C=O) groups is 1. The zero-order valence-electron chi connectivity index (χ0n) is 16.2. The molecule has 1 fully saturated rings. The standard InChI is InChI=1S/C21H24NO6P/c1-27-18-8-4-15(5-9-18)11-20(29(25)26)19-12-22-17(13-28-19)10-14-2-6-16(7-3-14)21(23)24/h2-9,17,19-20,22H,10-13H2,1H3,(H-,23,24,25,26)/p+1/t17-,19-,20?/m1/s1. The Hall–Kier alpha value is -2.31. The van der Waals surface area contributed by atoms with Gasteiger partial charge in [0.2, 0.25) is 5.66 Å². The van der Waals surface area contributed by atoms with E-state index in [2.05, 4.69) is 5.32 Å². The number of hydrogen-bond donors (Lipinski definition) is 3. The van der Waals surface area contributed by atoms with Gasteiger partial charge < -0.3 is 19.9 Å². The van der Waals surface area contributed by atoms with Crippen molar-refractivity contribution >= 4 is 14.0 Å². The Morgan fingerprint density at radius 3 is 2.38 bits per heavy atom. The van der Waals surface area contributed by atoms with E-state index in [0.717, 1.165) is 16.9 Å². The maximum Gasteiger partial charge on any atom is 0.511 e. The van der Waals surface area contributed by atoms with Crippen molar-refractivity contribution in [2.75, 3.05) is 20.3 Å². The van der Waals surface area contributed by atoms with Crippen LogP contribution in [0.1, 0.15) is 21.5 Å². The minimum Gasteiger partial charge on any atom is -0.497 e. The summed E-state index contributed by atoms with van der Waals surface area (Å²) >= 11 is 0. The number of aromatic carboxylic acids is 1. The molecule has 0 bridgehead atoms. The van der Waals surface area contributed by atoms with Gasteiger partial charge in [-0.1, -0.05) is 24.3 Å². The number of ether oxygens (including phenoxy) is 2. The summed E-state index contributed by atoms with van der Waals surface area (Å²) < 4.78 is 23.0. The molecule has 2 unspecified atom stereocenters. The quantitative estimate of drug-likeness (QED) is 0.566. The minimum absolute atomic E-state index is 0.0696. The highest BCUT2D eigenvalue weighted by Gasteiger charge is 2.40. The van der Waals surface area contributed by atoms with Gasteiger partial charge >= 0.3 is 14.0 Å². The fraction of sp³-hybridized carbons (Fsp3) is 0.381. The van der Waals surface area contributed by atoms with Crippen molar-refractivity contribution in [2.24, 2.45) is 0 Å². The molecule has 2 aromatic carbocycles. The lowest BCUT2D eigenvalue weighted by atomic mass is 10.0. The average Bonchev–Trinajstić information content (AvgIpc) is 2.73. The molecule has 3 N–H and O–H groups in total. The Labute approximate surface area is 170 Å². The summed E-state index contributed by atoms with van der Waals surface area (Å²) in [7, 11) is -0.798. The van der Waals surface area contributed by atoms with E-state index in [-0.39, 0.29) is 17.7 Å². The Balaban J connectivity index is 1.55. The molecule has 154 valence electrons. The fourth-order valence-electron chi connectivity index (χ4n) is 3.44. The number of carboxylic acids is 1. The second-order valence-corrected chi connectivity index (χ2v) is 8.37. The van der Waals surface area contributed by atoms with Gasteiger partial charge in [0, 0.05) is 19.0 Å². The van der Waals surface area contributed by atoms with E-state index >= 15 is 0 Å². The Bertz CT molecular complexity index is 831. The first-order valence-electron chi connectivity index (χ1n) is 9.41. The average molecular weight is 418 g/mol. The topological polar surface area (TPSA) is 105 Å². The van der Waals surface area contributed by atoms with Gasteiger partial charge in [-0.25, -0.2) is 4.79 Å². The van der Waals surface area contributed by atoms with Crippen LogP contribution >= 0.6 is 8.03 Å². The molecule has 1 aliphatic heterocycles. The fourth-order valence-corrected chi connectivity index (χ4v) is 4.28. The molecule has 0 aliphatic carbocycles. The predicted molar refractivity (Wildman–Crippen MR) is 109 cm³/mol. The molecule has 0 amide bonds. The molecule has 0 radical (unpaired) electrons. The summed E-state index contributed by atoms with van der Waals surface area (Å²) in [4.78, 5) is 20.8. The van der Waals surface area contributed by atoms with Gasteiger partial charge in [-0.15, -0.1) is 0 Å². The van der Waals surface area contributed by atoms with E-state index in [0.29, 0.717) is 26.0 Å². The van der Waals surface area contributed by atoms with Gasteiger partial charge in [0.1, 0.15) is 11.9 Å². The van der Waals surface area contributed by atoms with Crippen molar-refractivity contribution in [3.8, 4) is 5.75 Å². The largest absolute Gasteiger partial charge is 0.511 e. The molecular formula is C21H25NO6P+. The summed E-state index contributed by atoms with van der Waals surface area (Å²) in [6.07, 6.45) is 0.793. The van der Waals surface area contributed by atoms with Crippen molar-refractivity contribution < 1.29 is 28.8 Å². The molecule has 1 heterocycles. The maximum atomic E-state index is 12.0. The number of rotatable bonds is 8. The zero-order valence-corrected chi connectivity index (χ0v) is 17.0. The number of hydrogen-bond acceptors (Lipinski definition) is 5. The summed E-state index contributed by atoms with van der Waals surface area (Å²) in [5.41, 5.74) is 1.73. The molecule has 0 spiro atoms. The van der Waals surface area contributed by atoms with Crippen LogP contribution in [0, 0.1) is 0 Å². The highest BCUT2D eigenvalue weighted by Crippen LogP contribution is 2.31. The summed E-state index contributed by atoms with van der Waals surface area (Å²) in [5, 5.41) is 12.4. The molecule has 2 aromatic rings. The van der Waals surface area contributed by atoms with E-state index in [1.807, 2.05) is 24.3 Å². The van der Waals surface area contributed by atoms with Crippen molar-refractivity contribution in [3.05, 3.63) is 65.2 Å². The van der Waals surface area contributed by atoms with Gasteiger partial charge in [-0.3, -0.25) is 0 Å². The number of carboxylic acid groups (broad SMARTS) is 1. The van der Waals surface area contributed by atoms with Crippen LogP contribution in [0.25, 0.3) is 0 Å². The molecule has 1 aliphatic rings. The number of benzene rings is 2. The lowest BCUT2D eigenvalue weighted by Gasteiger charge is -2.31. The molecule has 1 saturated heterocycles. The smallest absolute Gasteiger partial charge is 0.497 e. The van der Waals surface area contributed by atoms with Crippen LogP contribution in [-0.4, -0.2) is 54.0 Å². The van der Waals surface area contributed by atoms with E-state index in [4.69, 9.17) is 14.6 Å². The zero-order chi connectivity index (χ0) is 20.8. The number of morpholine rings is 1. The van der Waals surface area contributed by atoms with Crippen LogP contribution in [0.5, 0.6) is 5.75 Å². The molecule has 29 heavy (non-hydrogen) atoms. The lowest BCUT2D eigenvalue weighted by molar-refractivity contribution is 0.00136. The Kier molecular flexibility index (Phi) is 7.34. The van der Waals surface area contributed by atoms with Crippen LogP contribution in [0.3, 0.4) is 0 Å². The highest BCUT2D eigenvalue weighted by molar-refractivity contribution is 7.39. The van der Waals surface area contributed by atoms with Crippen molar-refractivity contribution in [2.45, 2.75) is 30.6 Å². The maximum absolute atomic E-state index is 12.0. The summed E-state index contributed by atoms with van der Waals surface area (Å²) in [6, 6.07) is 14.3. The monoisotopic (exact) mass is 418 g/mol. The lowest BCUT2D eigenvalue weighted by Crippen LogP contribution is -2.51. The van der Waals surface area contributed by atoms with E-state index in [1.54, 1.807) is 31.4 Å². The van der Waals surface area contributed by atoms with E-state index < -0.39 is 19.7 Å². The first kappa shape index (κ1) is 21.4. The van der Waals surface area contributed by atoms with Crippen molar-refractivity contribution in [1.29, 1.82) is 0 Å².